The van der Waals surface area contributed by atoms with Crippen LogP contribution in [0.2, 0.25) is 0 Å². The molecule has 1 unspecified atom stereocenters. The Hall–Kier alpha value is -1.75. The Labute approximate surface area is 120 Å². The Morgan fingerprint density at radius 2 is 1.95 bits per heavy atom. The highest BCUT2D eigenvalue weighted by Crippen LogP contribution is 2.24. The van der Waals surface area contributed by atoms with Gasteiger partial charge in [0.05, 0.1) is 11.4 Å². The Kier molecular flexibility index (Phi) is 4.49. The minimum absolute atomic E-state index is 0.433. The number of nitrogens with one attached hydrogen (secondary N) is 1. The molecule has 20 heavy (non-hydrogen) atoms. The van der Waals surface area contributed by atoms with Gasteiger partial charge in [0.1, 0.15) is 0 Å². The second kappa shape index (κ2) is 6.13. The number of hydrogen-bond donors (Lipinski definition) is 1. The molecule has 0 saturated heterocycles. The van der Waals surface area contributed by atoms with Crippen LogP contribution >= 0.6 is 0 Å². The number of hydrogen-bond acceptors (Lipinski definition) is 4. The highest BCUT2D eigenvalue weighted by molar-refractivity contribution is 5.34. The van der Waals surface area contributed by atoms with Crippen molar-refractivity contribution in [3.05, 3.63) is 34.8 Å². The first kappa shape index (κ1) is 14.7. The smallest absolute Gasteiger partial charge is 0.175 e. The van der Waals surface area contributed by atoms with Gasteiger partial charge in [-0.05, 0) is 45.4 Å². The van der Waals surface area contributed by atoms with Gasteiger partial charge in [-0.25, -0.2) is 4.68 Å². The van der Waals surface area contributed by atoms with Gasteiger partial charge in [0.15, 0.2) is 5.82 Å². The van der Waals surface area contributed by atoms with E-state index in [4.69, 9.17) is 0 Å². The Morgan fingerprint density at radius 3 is 2.55 bits per heavy atom. The molecule has 108 valence electrons. The lowest BCUT2D eigenvalue weighted by atomic mass is 9.99. The molecule has 2 heterocycles. The van der Waals surface area contributed by atoms with Crippen LogP contribution in [0.25, 0.3) is 5.82 Å². The van der Waals surface area contributed by atoms with Gasteiger partial charge in [-0.3, -0.25) is 0 Å². The third kappa shape index (κ3) is 2.88. The van der Waals surface area contributed by atoms with Crippen molar-refractivity contribution in [2.24, 2.45) is 0 Å². The van der Waals surface area contributed by atoms with Gasteiger partial charge in [0, 0.05) is 17.8 Å². The molecule has 0 aromatic carbocycles. The van der Waals surface area contributed by atoms with Crippen LogP contribution < -0.4 is 5.32 Å². The lowest BCUT2D eigenvalue weighted by Gasteiger charge is -2.12. The minimum atomic E-state index is 0.433. The summed E-state index contributed by atoms with van der Waals surface area (Å²) in [7, 11) is 0. The molecule has 1 atom stereocenters. The molecule has 0 fully saturated rings. The fourth-order valence-corrected chi connectivity index (χ4v) is 2.56. The predicted molar refractivity (Wildman–Crippen MR) is 80.3 cm³/mol. The molecule has 0 radical (unpaired) electrons. The SMILES string of the molecule is CCNCC(C)c1c(C)nn(-c2ccc(C)nn2)c1C. The summed E-state index contributed by atoms with van der Waals surface area (Å²) in [5.74, 6) is 1.21. The second-order valence-electron chi connectivity index (χ2n) is 5.24. The van der Waals surface area contributed by atoms with E-state index in [0.717, 1.165) is 36.0 Å². The van der Waals surface area contributed by atoms with Gasteiger partial charge in [-0.1, -0.05) is 13.8 Å². The van der Waals surface area contributed by atoms with Crippen molar-refractivity contribution in [2.45, 2.75) is 40.5 Å². The van der Waals surface area contributed by atoms with E-state index in [1.54, 1.807) is 0 Å². The van der Waals surface area contributed by atoms with E-state index in [0.29, 0.717) is 5.92 Å². The van der Waals surface area contributed by atoms with Crippen LogP contribution in [0, 0.1) is 20.8 Å². The minimum Gasteiger partial charge on any atom is -0.316 e. The summed E-state index contributed by atoms with van der Waals surface area (Å²) in [6.45, 7) is 12.4. The third-order valence-electron chi connectivity index (χ3n) is 3.54. The summed E-state index contributed by atoms with van der Waals surface area (Å²) in [4.78, 5) is 0. The fourth-order valence-electron chi connectivity index (χ4n) is 2.56. The molecule has 5 heteroatoms. The Balaban J connectivity index is 2.35. The molecule has 0 amide bonds. The van der Waals surface area contributed by atoms with E-state index >= 15 is 0 Å². The summed E-state index contributed by atoms with van der Waals surface area (Å²) in [6, 6.07) is 3.92. The maximum absolute atomic E-state index is 4.63. The van der Waals surface area contributed by atoms with Crippen molar-refractivity contribution in [3.63, 3.8) is 0 Å². The van der Waals surface area contributed by atoms with Crippen molar-refractivity contribution in [3.8, 4) is 5.82 Å². The molecule has 0 aliphatic rings. The third-order valence-corrected chi connectivity index (χ3v) is 3.54. The van der Waals surface area contributed by atoms with E-state index in [9.17, 15) is 0 Å². The summed E-state index contributed by atoms with van der Waals surface area (Å²) in [5.41, 5.74) is 4.42. The van der Waals surface area contributed by atoms with Crippen LogP contribution in [0.5, 0.6) is 0 Å². The highest BCUT2D eigenvalue weighted by Gasteiger charge is 2.18. The van der Waals surface area contributed by atoms with Gasteiger partial charge in [-0.15, -0.1) is 5.10 Å². The zero-order valence-corrected chi connectivity index (χ0v) is 12.9. The van der Waals surface area contributed by atoms with Crippen LogP contribution in [-0.2, 0) is 0 Å². The van der Waals surface area contributed by atoms with Gasteiger partial charge >= 0.3 is 0 Å². The molecule has 2 rings (SSSR count). The summed E-state index contributed by atoms with van der Waals surface area (Å²) < 4.78 is 1.89. The van der Waals surface area contributed by atoms with Crippen molar-refractivity contribution in [2.75, 3.05) is 13.1 Å². The van der Waals surface area contributed by atoms with Crippen LogP contribution in [0.1, 0.15) is 42.4 Å². The van der Waals surface area contributed by atoms with Gasteiger partial charge < -0.3 is 5.32 Å². The first-order chi connectivity index (χ1) is 9.54. The van der Waals surface area contributed by atoms with Gasteiger partial charge in [0.25, 0.3) is 0 Å². The number of rotatable bonds is 5. The topological polar surface area (TPSA) is 55.6 Å². The van der Waals surface area contributed by atoms with Crippen LogP contribution in [0.15, 0.2) is 12.1 Å². The Bertz CT molecular complexity index is 571. The van der Waals surface area contributed by atoms with E-state index in [2.05, 4.69) is 48.3 Å². The van der Waals surface area contributed by atoms with E-state index < -0.39 is 0 Å². The molecule has 0 aliphatic carbocycles. The van der Waals surface area contributed by atoms with E-state index in [1.807, 2.05) is 23.7 Å². The molecular weight excluding hydrogens is 250 g/mol. The fraction of sp³-hybridized carbons (Fsp3) is 0.533. The first-order valence-corrected chi connectivity index (χ1v) is 7.12. The molecule has 1 N–H and O–H groups in total. The maximum Gasteiger partial charge on any atom is 0.175 e. The van der Waals surface area contributed by atoms with Crippen molar-refractivity contribution in [1.82, 2.24) is 25.3 Å². The summed E-state index contributed by atoms with van der Waals surface area (Å²) in [5, 5.41) is 16.3. The first-order valence-electron chi connectivity index (χ1n) is 7.12. The molecule has 0 bridgehead atoms. The number of likely N-dealkylation sites (N-methyl/N-ethyl adjacent to an activating group) is 1. The zero-order chi connectivity index (χ0) is 14.7. The molecule has 0 saturated carbocycles. The number of aryl methyl sites for hydroxylation is 2. The molecular formula is C15H23N5. The van der Waals surface area contributed by atoms with Gasteiger partial charge in [0.2, 0.25) is 0 Å². The van der Waals surface area contributed by atoms with Crippen molar-refractivity contribution in [1.29, 1.82) is 0 Å². The van der Waals surface area contributed by atoms with Crippen LogP contribution in [0.4, 0.5) is 0 Å². The Morgan fingerprint density at radius 1 is 1.20 bits per heavy atom. The summed E-state index contributed by atoms with van der Waals surface area (Å²) >= 11 is 0. The lowest BCUT2D eigenvalue weighted by molar-refractivity contribution is 0.630. The monoisotopic (exact) mass is 273 g/mol. The largest absolute Gasteiger partial charge is 0.316 e. The maximum atomic E-state index is 4.63. The molecule has 2 aromatic rings. The zero-order valence-electron chi connectivity index (χ0n) is 12.9. The second-order valence-corrected chi connectivity index (χ2v) is 5.24. The number of aromatic nitrogens is 4. The predicted octanol–water partition coefficient (Wildman–Crippen LogP) is 2.30. The normalized spacial score (nSPS) is 12.7. The average Bonchev–Trinajstić information content (AvgIpc) is 2.72. The average molecular weight is 273 g/mol. The molecule has 0 aliphatic heterocycles. The van der Waals surface area contributed by atoms with Gasteiger partial charge in [-0.2, -0.15) is 10.2 Å². The molecule has 2 aromatic heterocycles. The number of nitrogens with zero attached hydrogens (tertiary/aromatic N) is 4. The van der Waals surface area contributed by atoms with Crippen molar-refractivity contribution < 1.29 is 0 Å². The summed E-state index contributed by atoms with van der Waals surface area (Å²) in [6.07, 6.45) is 0. The highest BCUT2D eigenvalue weighted by atomic mass is 15.3. The van der Waals surface area contributed by atoms with E-state index in [-0.39, 0.29) is 0 Å². The van der Waals surface area contributed by atoms with Crippen LogP contribution in [0.3, 0.4) is 0 Å². The standard InChI is InChI=1S/C15H23N5/c1-6-16-9-10(2)15-12(4)19-20(13(15)5)14-8-7-11(3)17-18-14/h7-8,10,16H,6,9H2,1-5H3. The quantitative estimate of drug-likeness (QED) is 0.908. The van der Waals surface area contributed by atoms with Crippen LogP contribution in [-0.4, -0.2) is 33.1 Å². The lowest BCUT2D eigenvalue weighted by Crippen LogP contribution is -2.20. The van der Waals surface area contributed by atoms with E-state index in [1.165, 1.54) is 5.56 Å². The van der Waals surface area contributed by atoms with Crippen molar-refractivity contribution >= 4 is 0 Å². The molecule has 5 nitrogen and oxygen atoms in total. The molecule has 0 spiro atoms.